The summed E-state index contributed by atoms with van der Waals surface area (Å²) in [4.78, 5) is 23.5. The summed E-state index contributed by atoms with van der Waals surface area (Å²) in [5.74, 6) is -0.737. The number of rotatable bonds is 6. The van der Waals surface area contributed by atoms with Gasteiger partial charge < -0.3 is 9.84 Å². The Morgan fingerprint density at radius 1 is 1.40 bits per heavy atom. The van der Waals surface area contributed by atoms with Crippen LogP contribution in [0, 0.1) is 5.92 Å². The van der Waals surface area contributed by atoms with Crippen LogP contribution in [0.2, 0.25) is 0 Å². The van der Waals surface area contributed by atoms with E-state index in [1.54, 1.807) is 0 Å². The highest BCUT2D eigenvalue weighted by molar-refractivity contribution is 9.09. The quantitative estimate of drug-likeness (QED) is 0.283. The molecule has 0 aromatic heterocycles. The van der Waals surface area contributed by atoms with Crippen LogP contribution in [0.4, 0.5) is 0 Å². The molecule has 1 atom stereocenters. The second-order valence-electron chi connectivity index (χ2n) is 4.90. The van der Waals surface area contributed by atoms with Gasteiger partial charge in [0, 0.05) is 6.61 Å². The van der Waals surface area contributed by atoms with Gasteiger partial charge in [-0.15, -0.1) is 0 Å². The van der Waals surface area contributed by atoms with Gasteiger partial charge in [-0.3, -0.25) is 9.59 Å². The van der Waals surface area contributed by atoms with E-state index < -0.39 is 11.9 Å². The van der Waals surface area contributed by atoms with Crippen molar-refractivity contribution in [1.29, 1.82) is 0 Å². The van der Waals surface area contributed by atoms with E-state index in [-0.39, 0.29) is 17.7 Å². The molecule has 0 spiro atoms. The van der Waals surface area contributed by atoms with Gasteiger partial charge in [0.1, 0.15) is 11.7 Å². The Hall–Kier alpha value is -1.20. The predicted octanol–water partition coefficient (Wildman–Crippen LogP) is 2.04. The first-order valence-corrected chi connectivity index (χ1v) is 7.81. The molecule has 1 heterocycles. The Labute approximate surface area is 126 Å². The lowest BCUT2D eigenvalue weighted by molar-refractivity contribution is -0.144. The first kappa shape index (κ1) is 15.2. The van der Waals surface area contributed by atoms with Gasteiger partial charge in [-0.2, -0.15) is 0 Å². The topological polar surface area (TPSA) is 63.6 Å². The molecular formula is C15H17BrO4. The van der Waals surface area contributed by atoms with Gasteiger partial charge in [0.2, 0.25) is 0 Å². The van der Waals surface area contributed by atoms with Gasteiger partial charge in [-0.05, 0) is 42.9 Å². The minimum absolute atomic E-state index is 0.146. The average molecular weight is 341 g/mol. The van der Waals surface area contributed by atoms with E-state index in [9.17, 15) is 9.59 Å². The van der Waals surface area contributed by atoms with Crippen molar-refractivity contribution in [3.05, 3.63) is 29.3 Å². The number of benzene rings is 1. The molecule has 0 saturated carbocycles. The maximum atomic E-state index is 11.8. The minimum atomic E-state index is -0.692. The first-order valence-electron chi connectivity index (χ1n) is 6.68. The highest BCUT2D eigenvalue weighted by Crippen LogP contribution is 2.30. The Morgan fingerprint density at radius 3 is 2.90 bits per heavy atom. The number of aryl methyl sites for hydroxylation is 1. The van der Waals surface area contributed by atoms with Gasteiger partial charge in [-0.25, -0.2) is 0 Å². The van der Waals surface area contributed by atoms with Crippen LogP contribution in [-0.4, -0.2) is 28.8 Å². The fourth-order valence-corrected chi connectivity index (χ4v) is 2.67. The van der Waals surface area contributed by atoms with Crippen LogP contribution in [0.1, 0.15) is 24.0 Å². The van der Waals surface area contributed by atoms with Crippen LogP contribution in [-0.2, 0) is 22.4 Å². The molecule has 1 unspecified atom stereocenters. The molecule has 2 rings (SSSR count). The van der Waals surface area contributed by atoms with Crippen molar-refractivity contribution in [3.63, 3.8) is 0 Å². The number of aliphatic hydroxyl groups excluding tert-OH is 1. The molecule has 108 valence electrons. The summed E-state index contributed by atoms with van der Waals surface area (Å²) in [5.41, 5.74) is 1.98. The van der Waals surface area contributed by atoms with Gasteiger partial charge in [0.15, 0.2) is 5.78 Å². The Bertz CT molecular complexity index is 513. The van der Waals surface area contributed by atoms with Crippen LogP contribution in [0.15, 0.2) is 18.2 Å². The largest absolute Gasteiger partial charge is 0.426 e. The fourth-order valence-electron chi connectivity index (χ4n) is 2.28. The molecule has 0 radical (unpaired) electrons. The van der Waals surface area contributed by atoms with Crippen LogP contribution < -0.4 is 4.74 Å². The third kappa shape index (κ3) is 3.46. The van der Waals surface area contributed by atoms with Crippen molar-refractivity contribution < 1.29 is 19.4 Å². The van der Waals surface area contributed by atoms with E-state index in [0.29, 0.717) is 12.2 Å². The number of hydrogen-bond donors (Lipinski definition) is 1. The van der Waals surface area contributed by atoms with E-state index >= 15 is 0 Å². The smallest absolute Gasteiger partial charge is 0.322 e. The van der Waals surface area contributed by atoms with Gasteiger partial charge in [0.25, 0.3) is 0 Å². The maximum absolute atomic E-state index is 11.8. The van der Waals surface area contributed by atoms with Crippen LogP contribution in [0.3, 0.4) is 0 Å². The summed E-state index contributed by atoms with van der Waals surface area (Å²) in [7, 11) is 0. The molecule has 0 amide bonds. The number of carbonyl (C=O) groups excluding carboxylic acids is 2. The van der Waals surface area contributed by atoms with Gasteiger partial charge in [-0.1, -0.05) is 28.1 Å². The molecule has 1 aromatic carbocycles. The lowest BCUT2D eigenvalue weighted by atomic mass is 9.92. The van der Waals surface area contributed by atoms with Crippen molar-refractivity contribution in [2.45, 2.75) is 25.7 Å². The second kappa shape index (κ2) is 6.99. The highest BCUT2D eigenvalue weighted by Gasteiger charge is 2.33. The van der Waals surface area contributed by atoms with Crippen LogP contribution >= 0.6 is 15.9 Å². The molecule has 4 nitrogen and oxygen atoms in total. The van der Waals surface area contributed by atoms with Crippen LogP contribution in [0.5, 0.6) is 5.75 Å². The second-order valence-corrected chi connectivity index (χ2v) is 5.46. The van der Waals surface area contributed by atoms with E-state index in [4.69, 9.17) is 9.84 Å². The summed E-state index contributed by atoms with van der Waals surface area (Å²) in [6, 6.07) is 5.77. The van der Waals surface area contributed by atoms with Crippen molar-refractivity contribution >= 4 is 27.7 Å². The predicted molar refractivity (Wildman–Crippen MR) is 78.1 cm³/mol. The van der Waals surface area contributed by atoms with Gasteiger partial charge in [0.05, 0.1) is 5.33 Å². The minimum Gasteiger partial charge on any atom is -0.426 e. The molecule has 1 aliphatic heterocycles. The summed E-state index contributed by atoms with van der Waals surface area (Å²) in [5, 5.41) is 8.94. The molecular weight excluding hydrogens is 324 g/mol. The van der Waals surface area contributed by atoms with Crippen molar-refractivity contribution in [1.82, 2.24) is 0 Å². The third-order valence-corrected chi connectivity index (χ3v) is 4.00. The number of ketones is 1. The number of halogens is 1. The lowest BCUT2D eigenvalue weighted by Crippen LogP contribution is -2.34. The number of alkyl halides is 1. The Kier molecular flexibility index (Phi) is 5.31. The average Bonchev–Trinajstić information content (AvgIpc) is 2.46. The maximum Gasteiger partial charge on any atom is 0.322 e. The molecule has 0 fully saturated rings. The van der Waals surface area contributed by atoms with E-state index in [1.807, 2.05) is 18.2 Å². The molecule has 20 heavy (non-hydrogen) atoms. The zero-order valence-corrected chi connectivity index (χ0v) is 12.7. The zero-order valence-electron chi connectivity index (χ0n) is 11.1. The van der Waals surface area contributed by atoms with Crippen molar-refractivity contribution in [2.24, 2.45) is 5.92 Å². The first-order chi connectivity index (χ1) is 9.65. The van der Waals surface area contributed by atoms with Gasteiger partial charge >= 0.3 is 5.97 Å². The SMILES string of the molecule is O=C(CBr)C1Cc2ccc(CCCCO)cc2OC1=O. The fraction of sp³-hybridized carbons (Fsp3) is 0.467. The number of aliphatic hydroxyl groups is 1. The third-order valence-electron chi connectivity index (χ3n) is 3.44. The molecule has 1 aliphatic rings. The number of esters is 1. The Balaban J connectivity index is 2.11. The molecule has 5 heteroatoms. The summed E-state index contributed by atoms with van der Waals surface area (Å²) >= 11 is 3.09. The Morgan fingerprint density at radius 2 is 2.20 bits per heavy atom. The lowest BCUT2D eigenvalue weighted by Gasteiger charge is -2.22. The molecule has 1 aromatic rings. The van der Waals surface area contributed by atoms with E-state index in [2.05, 4.69) is 15.9 Å². The zero-order chi connectivity index (χ0) is 14.5. The summed E-state index contributed by atoms with van der Waals surface area (Å²) < 4.78 is 5.28. The van der Waals surface area contributed by atoms with Crippen molar-refractivity contribution in [3.8, 4) is 5.75 Å². The number of unbranched alkanes of at least 4 members (excludes halogenated alkanes) is 1. The number of Topliss-reactive ketones (excluding diaryl/α,β-unsaturated/α-hetero) is 1. The monoisotopic (exact) mass is 340 g/mol. The number of fused-ring (bicyclic) bond motifs is 1. The standard InChI is InChI=1S/C15H17BrO4/c16-9-13(18)12-8-11-5-4-10(3-1-2-6-17)7-14(11)20-15(12)19/h4-5,7,12,17H,1-3,6,8-9H2. The number of hydrogen-bond acceptors (Lipinski definition) is 4. The van der Waals surface area contributed by atoms with Crippen LogP contribution in [0.25, 0.3) is 0 Å². The molecule has 1 N–H and O–H groups in total. The summed E-state index contributed by atoms with van der Waals surface area (Å²) in [6.45, 7) is 0.191. The van der Waals surface area contributed by atoms with E-state index in [0.717, 1.165) is 30.4 Å². The number of carbonyl (C=O) groups is 2. The molecule has 0 saturated heterocycles. The molecule has 0 bridgehead atoms. The number of ether oxygens (including phenoxy) is 1. The molecule has 0 aliphatic carbocycles. The van der Waals surface area contributed by atoms with E-state index in [1.165, 1.54) is 0 Å². The highest BCUT2D eigenvalue weighted by atomic mass is 79.9. The normalized spacial score (nSPS) is 17.5. The summed E-state index contributed by atoms with van der Waals surface area (Å²) in [6.07, 6.45) is 2.91. The van der Waals surface area contributed by atoms with Crippen molar-refractivity contribution in [2.75, 3.05) is 11.9 Å².